The second kappa shape index (κ2) is 6.32. The van der Waals surface area contributed by atoms with Crippen LogP contribution in [0.2, 0.25) is 0 Å². The van der Waals surface area contributed by atoms with Gasteiger partial charge in [-0.3, -0.25) is 9.48 Å². The lowest BCUT2D eigenvalue weighted by Gasteiger charge is -2.37. The highest BCUT2D eigenvalue weighted by Crippen LogP contribution is 2.38. The van der Waals surface area contributed by atoms with Crippen LogP contribution in [0.5, 0.6) is 0 Å². The average molecular weight is 335 g/mol. The van der Waals surface area contributed by atoms with Gasteiger partial charge in [-0.1, -0.05) is 6.07 Å². The number of aromatic nitrogens is 2. The number of nitrogens with one attached hydrogen (secondary N) is 1. The third-order valence-electron chi connectivity index (χ3n) is 4.50. The molecule has 2 aromatic rings. The fourth-order valence-corrected chi connectivity index (χ4v) is 3.05. The zero-order chi connectivity index (χ0) is 17.4. The van der Waals surface area contributed by atoms with Gasteiger partial charge in [0.25, 0.3) is 5.91 Å². The standard InChI is InChI=1S/C17H19F2N3O2/c1-9-3-4-13(18)14(15(9)19)17(24)21-16(10-5-12(23)6-10)11-7-20-22(2)8-11/h3-4,7-8,10,12,16,23H,5-6H2,1-2H3,(H,21,24). The van der Waals surface area contributed by atoms with Gasteiger partial charge >= 0.3 is 0 Å². The molecule has 1 fully saturated rings. The summed E-state index contributed by atoms with van der Waals surface area (Å²) in [7, 11) is 1.75. The molecule has 1 aromatic carbocycles. The quantitative estimate of drug-likeness (QED) is 0.900. The number of carbonyl (C=O) groups is 1. The molecule has 0 radical (unpaired) electrons. The molecule has 0 spiro atoms. The number of nitrogens with zero attached hydrogens (tertiary/aromatic N) is 2. The van der Waals surface area contributed by atoms with E-state index in [4.69, 9.17) is 0 Å². The van der Waals surface area contributed by atoms with Gasteiger partial charge < -0.3 is 10.4 Å². The summed E-state index contributed by atoms with van der Waals surface area (Å²) in [6.45, 7) is 1.48. The number of aryl methyl sites for hydroxylation is 2. The van der Waals surface area contributed by atoms with E-state index in [0.29, 0.717) is 12.8 Å². The van der Waals surface area contributed by atoms with Gasteiger partial charge in [-0.15, -0.1) is 0 Å². The van der Waals surface area contributed by atoms with Crippen molar-refractivity contribution in [1.82, 2.24) is 15.1 Å². The Hall–Kier alpha value is -2.28. The Labute approximate surface area is 138 Å². The van der Waals surface area contributed by atoms with E-state index in [9.17, 15) is 18.7 Å². The van der Waals surface area contributed by atoms with Gasteiger partial charge in [0, 0.05) is 18.8 Å². The van der Waals surface area contributed by atoms with Crippen LogP contribution in [0.15, 0.2) is 24.5 Å². The first kappa shape index (κ1) is 16.6. The number of hydrogen-bond acceptors (Lipinski definition) is 3. The Morgan fingerprint density at radius 3 is 2.71 bits per heavy atom. The minimum atomic E-state index is -0.894. The first-order chi connectivity index (χ1) is 11.4. The predicted molar refractivity (Wildman–Crippen MR) is 83.2 cm³/mol. The lowest BCUT2D eigenvalue weighted by atomic mass is 9.75. The monoisotopic (exact) mass is 335 g/mol. The molecule has 1 aromatic heterocycles. The zero-order valence-electron chi connectivity index (χ0n) is 13.5. The topological polar surface area (TPSA) is 67.2 Å². The van der Waals surface area contributed by atoms with Crippen LogP contribution in [-0.4, -0.2) is 26.9 Å². The van der Waals surface area contributed by atoms with Crippen LogP contribution in [0.3, 0.4) is 0 Å². The number of rotatable bonds is 4. The molecule has 1 atom stereocenters. The number of benzene rings is 1. The van der Waals surface area contributed by atoms with Crippen molar-refractivity contribution in [2.24, 2.45) is 13.0 Å². The molecule has 0 bridgehead atoms. The molecule has 1 aliphatic rings. The molecule has 128 valence electrons. The number of hydrogen-bond donors (Lipinski definition) is 2. The van der Waals surface area contributed by atoms with Gasteiger partial charge in [-0.2, -0.15) is 5.10 Å². The van der Waals surface area contributed by atoms with E-state index in [2.05, 4.69) is 10.4 Å². The third kappa shape index (κ3) is 3.03. The summed E-state index contributed by atoms with van der Waals surface area (Å²) in [6, 6.07) is 1.93. The number of aliphatic hydroxyl groups excluding tert-OH is 1. The zero-order valence-corrected chi connectivity index (χ0v) is 13.5. The van der Waals surface area contributed by atoms with Gasteiger partial charge in [0.2, 0.25) is 0 Å². The van der Waals surface area contributed by atoms with Crippen LogP contribution in [0.4, 0.5) is 8.78 Å². The van der Waals surface area contributed by atoms with Crippen LogP contribution in [0, 0.1) is 24.5 Å². The van der Waals surface area contributed by atoms with E-state index in [0.717, 1.165) is 11.6 Å². The molecule has 2 N–H and O–H groups in total. The van der Waals surface area contributed by atoms with Crippen molar-refractivity contribution < 1.29 is 18.7 Å². The van der Waals surface area contributed by atoms with Crippen LogP contribution >= 0.6 is 0 Å². The summed E-state index contributed by atoms with van der Waals surface area (Å²) >= 11 is 0. The molecule has 5 nitrogen and oxygen atoms in total. The lowest BCUT2D eigenvalue weighted by Crippen LogP contribution is -2.41. The first-order valence-corrected chi connectivity index (χ1v) is 7.79. The van der Waals surface area contributed by atoms with Crippen LogP contribution in [0.1, 0.15) is 40.4 Å². The summed E-state index contributed by atoms with van der Waals surface area (Å²) in [6.07, 6.45) is 4.01. The van der Waals surface area contributed by atoms with Crippen molar-refractivity contribution in [1.29, 1.82) is 0 Å². The maximum absolute atomic E-state index is 14.2. The van der Waals surface area contributed by atoms with E-state index >= 15 is 0 Å². The van der Waals surface area contributed by atoms with Crippen molar-refractivity contribution in [2.75, 3.05) is 0 Å². The molecular formula is C17H19F2N3O2. The Kier molecular flexibility index (Phi) is 4.36. The molecule has 7 heteroatoms. The molecule has 3 rings (SSSR count). The first-order valence-electron chi connectivity index (χ1n) is 7.79. The van der Waals surface area contributed by atoms with Crippen molar-refractivity contribution in [3.63, 3.8) is 0 Å². The van der Waals surface area contributed by atoms with E-state index in [1.807, 2.05) is 0 Å². The summed E-state index contributed by atoms with van der Waals surface area (Å²) in [4.78, 5) is 12.5. The smallest absolute Gasteiger partial charge is 0.257 e. The van der Waals surface area contributed by atoms with E-state index in [1.54, 1.807) is 24.1 Å². The maximum Gasteiger partial charge on any atom is 0.257 e. The lowest BCUT2D eigenvalue weighted by molar-refractivity contribution is 0.0234. The SMILES string of the molecule is Cc1ccc(F)c(C(=O)NC(c2cnn(C)c2)C2CC(O)C2)c1F. The van der Waals surface area contributed by atoms with Crippen LogP contribution in [-0.2, 0) is 7.05 Å². The summed E-state index contributed by atoms with van der Waals surface area (Å²) in [5.41, 5.74) is 0.374. The highest BCUT2D eigenvalue weighted by atomic mass is 19.1. The van der Waals surface area contributed by atoms with Gasteiger partial charge in [-0.05, 0) is 37.3 Å². The van der Waals surface area contributed by atoms with Crippen molar-refractivity contribution >= 4 is 5.91 Å². The molecule has 1 heterocycles. The van der Waals surface area contributed by atoms with Crippen molar-refractivity contribution in [3.8, 4) is 0 Å². The molecule has 1 aliphatic carbocycles. The number of carbonyl (C=O) groups excluding carboxylic acids is 1. The minimum Gasteiger partial charge on any atom is -0.393 e. The average Bonchev–Trinajstić information content (AvgIpc) is 2.92. The van der Waals surface area contributed by atoms with Gasteiger partial charge in [0.05, 0.1) is 18.3 Å². The Bertz CT molecular complexity index is 769. The molecule has 1 saturated carbocycles. The second-order valence-corrected chi connectivity index (χ2v) is 6.34. The third-order valence-corrected chi connectivity index (χ3v) is 4.50. The Balaban J connectivity index is 1.88. The van der Waals surface area contributed by atoms with Gasteiger partial charge in [-0.25, -0.2) is 8.78 Å². The van der Waals surface area contributed by atoms with Crippen LogP contribution < -0.4 is 5.32 Å². The molecule has 1 amide bonds. The Morgan fingerprint density at radius 2 is 2.12 bits per heavy atom. The van der Waals surface area contributed by atoms with Gasteiger partial charge in [0.15, 0.2) is 0 Å². The molecular weight excluding hydrogens is 316 g/mol. The molecule has 0 saturated heterocycles. The number of halogens is 2. The molecule has 24 heavy (non-hydrogen) atoms. The van der Waals surface area contributed by atoms with E-state index in [-0.39, 0.29) is 11.5 Å². The van der Waals surface area contributed by atoms with E-state index in [1.165, 1.54) is 13.0 Å². The number of aliphatic hydroxyl groups is 1. The summed E-state index contributed by atoms with van der Waals surface area (Å²) < 4.78 is 29.7. The van der Waals surface area contributed by atoms with Crippen LogP contribution in [0.25, 0.3) is 0 Å². The highest BCUT2D eigenvalue weighted by Gasteiger charge is 2.37. The van der Waals surface area contributed by atoms with Gasteiger partial charge in [0.1, 0.15) is 17.2 Å². The minimum absolute atomic E-state index is 0.00378. The Morgan fingerprint density at radius 1 is 1.42 bits per heavy atom. The fraction of sp³-hybridized carbons (Fsp3) is 0.412. The van der Waals surface area contributed by atoms with Crippen molar-refractivity contribution in [2.45, 2.75) is 31.9 Å². The largest absolute Gasteiger partial charge is 0.393 e. The highest BCUT2D eigenvalue weighted by molar-refractivity contribution is 5.95. The fourth-order valence-electron chi connectivity index (χ4n) is 3.05. The summed E-state index contributed by atoms with van der Waals surface area (Å²) in [5.74, 6) is -2.55. The number of amides is 1. The predicted octanol–water partition coefficient (Wildman–Crippen LogP) is 2.25. The van der Waals surface area contributed by atoms with E-state index < -0.39 is 35.3 Å². The maximum atomic E-state index is 14.2. The second-order valence-electron chi connectivity index (χ2n) is 6.34. The van der Waals surface area contributed by atoms with Crippen molar-refractivity contribution in [3.05, 3.63) is 52.9 Å². The molecule has 0 aliphatic heterocycles. The summed E-state index contributed by atoms with van der Waals surface area (Å²) in [5, 5.41) is 16.3. The normalized spacial score (nSPS) is 21.2. The molecule has 1 unspecified atom stereocenters.